The molecule has 1 aliphatic carbocycles. The minimum Gasteiger partial charge on any atom is -0.318 e. The van der Waals surface area contributed by atoms with Gasteiger partial charge in [-0.05, 0) is 66.5 Å². The summed E-state index contributed by atoms with van der Waals surface area (Å²) in [5.74, 6) is -1.45. The maximum absolute atomic E-state index is 12.8. The monoisotopic (exact) mass is 466 g/mol. The zero-order valence-corrected chi connectivity index (χ0v) is 17.4. The molecule has 1 saturated heterocycles. The highest BCUT2D eigenvalue weighted by Gasteiger charge is 2.39. The topological polar surface area (TPSA) is 32.3 Å². The van der Waals surface area contributed by atoms with Crippen molar-refractivity contribution in [1.29, 1.82) is 0 Å². The molecule has 0 radical (unpaired) electrons. The first kappa shape index (κ1) is 20.4. The SMILES string of the molecule is O=C(Nc1cccc2c1CC1CCC(C2)CN1Cc1cccc(Br)c1)C(F)(F)F. The van der Waals surface area contributed by atoms with Crippen LogP contribution in [-0.2, 0) is 24.2 Å². The average Bonchev–Trinajstić information content (AvgIpc) is 2.62. The van der Waals surface area contributed by atoms with Crippen LogP contribution in [-0.4, -0.2) is 29.6 Å². The molecule has 1 amide bonds. The number of alkyl halides is 3. The van der Waals surface area contributed by atoms with Gasteiger partial charge in [0.15, 0.2) is 0 Å². The fourth-order valence-electron chi connectivity index (χ4n) is 4.57. The molecule has 3 nitrogen and oxygen atoms in total. The van der Waals surface area contributed by atoms with Gasteiger partial charge in [0, 0.05) is 29.3 Å². The number of nitrogens with one attached hydrogen (secondary N) is 1. The van der Waals surface area contributed by atoms with Gasteiger partial charge >= 0.3 is 12.1 Å². The van der Waals surface area contributed by atoms with Gasteiger partial charge in [-0.1, -0.05) is 40.2 Å². The molecule has 0 spiro atoms. The molecule has 5 rings (SSSR count). The number of fused-ring (bicyclic) bond motifs is 2. The van der Waals surface area contributed by atoms with Crippen molar-refractivity contribution in [3.8, 4) is 0 Å². The van der Waals surface area contributed by atoms with E-state index in [1.165, 1.54) is 5.56 Å². The van der Waals surface area contributed by atoms with Crippen molar-refractivity contribution in [1.82, 2.24) is 4.90 Å². The smallest absolute Gasteiger partial charge is 0.318 e. The van der Waals surface area contributed by atoms with E-state index >= 15 is 0 Å². The number of hydrogen-bond donors (Lipinski definition) is 1. The predicted octanol–water partition coefficient (Wildman–Crippen LogP) is 5.33. The molecule has 3 aliphatic rings. The summed E-state index contributed by atoms with van der Waals surface area (Å²) in [6.07, 6.45) is -1.29. The molecule has 2 aromatic carbocycles. The van der Waals surface area contributed by atoms with Gasteiger partial charge in [0.25, 0.3) is 0 Å². The third kappa shape index (κ3) is 4.67. The van der Waals surface area contributed by atoms with Crippen LogP contribution < -0.4 is 5.32 Å². The highest BCUT2D eigenvalue weighted by atomic mass is 79.9. The second-order valence-electron chi connectivity index (χ2n) is 7.96. The maximum atomic E-state index is 12.8. The highest BCUT2D eigenvalue weighted by Crippen LogP contribution is 2.36. The number of carbonyl (C=O) groups excluding carboxylic acids is 1. The van der Waals surface area contributed by atoms with Crippen LogP contribution in [0.1, 0.15) is 29.5 Å². The fourth-order valence-corrected chi connectivity index (χ4v) is 5.01. The van der Waals surface area contributed by atoms with Crippen LogP contribution in [0.5, 0.6) is 0 Å². The molecule has 0 saturated carbocycles. The van der Waals surface area contributed by atoms with E-state index in [1.54, 1.807) is 12.1 Å². The number of benzene rings is 2. The van der Waals surface area contributed by atoms with Gasteiger partial charge in [-0.2, -0.15) is 13.2 Å². The van der Waals surface area contributed by atoms with E-state index in [2.05, 4.69) is 38.3 Å². The Kier molecular flexibility index (Phi) is 5.71. The van der Waals surface area contributed by atoms with Crippen molar-refractivity contribution < 1.29 is 18.0 Å². The number of hydrogen-bond acceptors (Lipinski definition) is 2. The minimum absolute atomic E-state index is 0.244. The largest absolute Gasteiger partial charge is 0.471 e. The average molecular weight is 467 g/mol. The van der Waals surface area contributed by atoms with Crippen LogP contribution in [0.2, 0.25) is 0 Å². The quantitative estimate of drug-likeness (QED) is 0.662. The summed E-state index contributed by atoms with van der Waals surface area (Å²) in [7, 11) is 0. The van der Waals surface area contributed by atoms with Crippen LogP contribution in [0, 0.1) is 5.92 Å². The van der Waals surface area contributed by atoms with Crippen molar-refractivity contribution in [2.45, 2.75) is 44.4 Å². The molecule has 7 heteroatoms. The zero-order valence-electron chi connectivity index (χ0n) is 15.8. The van der Waals surface area contributed by atoms with E-state index in [-0.39, 0.29) is 6.04 Å². The summed E-state index contributed by atoms with van der Waals surface area (Å²) in [5, 5.41) is 2.10. The summed E-state index contributed by atoms with van der Waals surface area (Å²) in [4.78, 5) is 14.0. The Morgan fingerprint density at radius 1 is 1.14 bits per heavy atom. The van der Waals surface area contributed by atoms with Crippen molar-refractivity contribution in [2.75, 3.05) is 11.9 Å². The number of halogens is 4. The molecule has 1 fully saturated rings. The molecule has 2 aromatic rings. The highest BCUT2D eigenvalue weighted by molar-refractivity contribution is 9.10. The van der Waals surface area contributed by atoms with E-state index in [1.807, 2.05) is 18.2 Å². The van der Waals surface area contributed by atoms with Crippen molar-refractivity contribution in [2.24, 2.45) is 5.92 Å². The molecular weight excluding hydrogens is 445 g/mol. The van der Waals surface area contributed by atoms with Gasteiger partial charge in [-0.15, -0.1) is 0 Å². The number of nitrogens with zero attached hydrogens (tertiary/aromatic N) is 1. The van der Waals surface area contributed by atoms with Crippen LogP contribution >= 0.6 is 15.9 Å². The Labute approximate surface area is 176 Å². The molecule has 2 atom stereocenters. The molecule has 2 unspecified atom stereocenters. The standard InChI is InChI=1S/C22H22BrF3N2O/c23-17-5-1-3-14(10-17)12-28-13-15-7-8-18(28)11-19-16(9-15)4-2-6-20(19)27-21(29)22(24,25)26/h1-6,10,15,18H,7-9,11-13H2,(H,27,29). The Morgan fingerprint density at radius 2 is 1.93 bits per heavy atom. The molecule has 2 heterocycles. The van der Waals surface area contributed by atoms with Crippen molar-refractivity contribution in [3.63, 3.8) is 0 Å². The lowest BCUT2D eigenvalue weighted by atomic mass is 9.79. The molecule has 2 aliphatic heterocycles. The van der Waals surface area contributed by atoms with Gasteiger partial charge in [-0.3, -0.25) is 9.69 Å². The second kappa shape index (κ2) is 8.11. The third-order valence-electron chi connectivity index (χ3n) is 5.92. The molecule has 0 aromatic heterocycles. The maximum Gasteiger partial charge on any atom is 0.471 e. The predicted molar refractivity (Wildman–Crippen MR) is 110 cm³/mol. The van der Waals surface area contributed by atoms with E-state index in [9.17, 15) is 18.0 Å². The number of amides is 1. The lowest BCUT2D eigenvalue weighted by molar-refractivity contribution is -0.167. The Bertz CT molecular complexity index is 915. The van der Waals surface area contributed by atoms with E-state index in [0.717, 1.165) is 48.0 Å². The van der Waals surface area contributed by atoms with E-state index in [4.69, 9.17) is 0 Å². The van der Waals surface area contributed by atoms with E-state index < -0.39 is 12.1 Å². The van der Waals surface area contributed by atoms with Gasteiger partial charge in [0.1, 0.15) is 0 Å². The fraction of sp³-hybridized carbons (Fsp3) is 0.409. The molecule has 2 bridgehead atoms. The van der Waals surface area contributed by atoms with Gasteiger partial charge in [0.05, 0.1) is 0 Å². The molecular formula is C22H22BrF3N2O. The number of anilines is 1. The Balaban J connectivity index is 1.60. The van der Waals surface area contributed by atoms with Crippen LogP contribution in [0.15, 0.2) is 46.9 Å². The summed E-state index contributed by atoms with van der Waals surface area (Å²) in [6, 6.07) is 13.8. The van der Waals surface area contributed by atoms with Crippen LogP contribution in [0.4, 0.5) is 18.9 Å². The summed E-state index contributed by atoms with van der Waals surface area (Å²) < 4.78 is 39.4. The number of piperidine rings is 1. The van der Waals surface area contributed by atoms with E-state index in [0.29, 0.717) is 18.0 Å². The van der Waals surface area contributed by atoms with Gasteiger partial charge in [-0.25, -0.2) is 0 Å². The van der Waals surface area contributed by atoms with Crippen molar-refractivity contribution >= 4 is 27.5 Å². The summed E-state index contributed by atoms with van der Waals surface area (Å²) in [6.45, 7) is 1.79. The van der Waals surface area contributed by atoms with Crippen LogP contribution in [0.3, 0.4) is 0 Å². The summed E-state index contributed by atoms with van der Waals surface area (Å²) >= 11 is 3.52. The first-order chi connectivity index (χ1) is 13.8. The Morgan fingerprint density at radius 3 is 2.69 bits per heavy atom. The molecule has 29 heavy (non-hydrogen) atoms. The van der Waals surface area contributed by atoms with Gasteiger partial charge in [0.2, 0.25) is 0 Å². The minimum atomic E-state index is -4.89. The third-order valence-corrected chi connectivity index (χ3v) is 6.41. The molecule has 154 valence electrons. The van der Waals surface area contributed by atoms with Gasteiger partial charge < -0.3 is 5.32 Å². The lowest BCUT2D eigenvalue weighted by Gasteiger charge is -2.43. The Hall–Kier alpha value is -1.86. The summed E-state index contributed by atoms with van der Waals surface area (Å²) in [5.41, 5.74) is 3.41. The normalized spacial score (nSPS) is 21.9. The lowest BCUT2D eigenvalue weighted by Crippen LogP contribution is -2.46. The zero-order chi connectivity index (χ0) is 20.6. The number of carbonyl (C=O) groups is 1. The van der Waals surface area contributed by atoms with Crippen LogP contribution in [0.25, 0.3) is 0 Å². The number of rotatable bonds is 3. The van der Waals surface area contributed by atoms with Crippen molar-refractivity contribution in [3.05, 3.63) is 63.6 Å². The first-order valence-corrected chi connectivity index (χ1v) is 10.6. The first-order valence-electron chi connectivity index (χ1n) is 9.77. The second-order valence-corrected chi connectivity index (χ2v) is 8.88. The molecule has 1 N–H and O–H groups in total.